The van der Waals surface area contributed by atoms with E-state index in [9.17, 15) is 14.7 Å². The monoisotopic (exact) mass is 333 g/mol. The number of carbonyl (C=O) groups excluding carboxylic acids is 1. The van der Waals surface area contributed by atoms with Crippen LogP contribution in [-0.2, 0) is 20.7 Å². The molecule has 0 radical (unpaired) electrons. The van der Waals surface area contributed by atoms with Crippen LogP contribution < -0.4 is 5.32 Å². The molecular formula is C19H27NO4. The van der Waals surface area contributed by atoms with Gasteiger partial charge in [-0.2, -0.15) is 0 Å². The number of hydrogen-bond donors (Lipinski definition) is 2. The van der Waals surface area contributed by atoms with Crippen LogP contribution in [0.15, 0.2) is 30.3 Å². The van der Waals surface area contributed by atoms with Gasteiger partial charge in [0.25, 0.3) is 0 Å². The van der Waals surface area contributed by atoms with E-state index in [4.69, 9.17) is 4.74 Å². The second kappa shape index (κ2) is 10.1. The van der Waals surface area contributed by atoms with Crippen molar-refractivity contribution < 1.29 is 19.4 Å². The number of ether oxygens (including phenoxy) is 1. The molecule has 1 atom stereocenters. The molecule has 1 aliphatic rings. The molecule has 1 aromatic rings. The van der Waals surface area contributed by atoms with Gasteiger partial charge in [0, 0.05) is 26.2 Å². The van der Waals surface area contributed by atoms with Gasteiger partial charge >= 0.3 is 5.97 Å². The molecule has 0 saturated carbocycles. The fraction of sp³-hybridized carbons (Fsp3) is 0.579. The van der Waals surface area contributed by atoms with Crippen LogP contribution >= 0.6 is 0 Å². The zero-order chi connectivity index (χ0) is 17.2. The Balaban J connectivity index is 1.67. The van der Waals surface area contributed by atoms with Crippen molar-refractivity contribution in [3.8, 4) is 0 Å². The van der Waals surface area contributed by atoms with Crippen molar-refractivity contribution in [1.29, 1.82) is 0 Å². The van der Waals surface area contributed by atoms with E-state index in [-0.39, 0.29) is 12.5 Å². The average Bonchev–Trinajstić information content (AvgIpc) is 2.60. The molecular weight excluding hydrogens is 306 g/mol. The van der Waals surface area contributed by atoms with Crippen molar-refractivity contribution in [2.24, 2.45) is 11.8 Å². The standard InChI is InChI=1S/C19H27NO4/c21-18(8-4-7-15-9-11-24-12-10-15)20-14-17(19(22)23)13-16-5-2-1-3-6-16/h1-3,5-6,15,17H,4,7-14H2,(H,20,21)(H,22,23). The Morgan fingerprint density at radius 2 is 1.92 bits per heavy atom. The Morgan fingerprint density at radius 1 is 1.21 bits per heavy atom. The number of carbonyl (C=O) groups is 2. The zero-order valence-corrected chi connectivity index (χ0v) is 14.1. The predicted octanol–water partition coefficient (Wildman–Crippen LogP) is 2.64. The van der Waals surface area contributed by atoms with E-state index in [1.54, 1.807) is 0 Å². The number of hydrogen-bond acceptors (Lipinski definition) is 3. The summed E-state index contributed by atoms with van der Waals surface area (Å²) in [6.45, 7) is 1.84. The second-order valence-electron chi connectivity index (χ2n) is 6.48. The summed E-state index contributed by atoms with van der Waals surface area (Å²) in [7, 11) is 0. The van der Waals surface area contributed by atoms with Crippen LogP contribution in [0.1, 0.15) is 37.7 Å². The number of carboxylic acid groups (broad SMARTS) is 1. The summed E-state index contributed by atoms with van der Waals surface area (Å²) >= 11 is 0. The van der Waals surface area contributed by atoms with Crippen LogP contribution in [0.4, 0.5) is 0 Å². The molecule has 24 heavy (non-hydrogen) atoms. The normalized spacial score (nSPS) is 16.5. The molecule has 0 aromatic heterocycles. The molecule has 1 saturated heterocycles. The lowest BCUT2D eigenvalue weighted by Gasteiger charge is -2.21. The van der Waals surface area contributed by atoms with Gasteiger partial charge in [0.1, 0.15) is 0 Å². The smallest absolute Gasteiger partial charge is 0.308 e. The Kier molecular flexibility index (Phi) is 7.75. The second-order valence-corrected chi connectivity index (χ2v) is 6.48. The molecule has 1 unspecified atom stereocenters. The highest BCUT2D eigenvalue weighted by Crippen LogP contribution is 2.20. The summed E-state index contributed by atoms with van der Waals surface area (Å²) in [6, 6.07) is 9.50. The van der Waals surface area contributed by atoms with Crippen LogP contribution in [0.5, 0.6) is 0 Å². The van der Waals surface area contributed by atoms with Crippen molar-refractivity contribution in [3.63, 3.8) is 0 Å². The summed E-state index contributed by atoms with van der Waals surface area (Å²) in [5, 5.41) is 12.1. The highest BCUT2D eigenvalue weighted by atomic mass is 16.5. The highest BCUT2D eigenvalue weighted by Gasteiger charge is 2.19. The largest absolute Gasteiger partial charge is 0.481 e. The number of rotatable bonds is 9. The lowest BCUT2D eigenvalue weighted by Crippen LogP contribution is -2.34. The molecule has 2 N–H and O–H groups in total. The van der Waals surface area contributed by atoms with E-state index >= 15 is 0 Å². The summed E-state index contributed by atoms with van der Waals surface area (Å²) in [6.07, 6.45) is 4.96. The van der Waals surface area contributed by atoms with E-state index < -0.39 is 11.9 Å². The zero-order valence-electron chi connectivity index (χ0n) is 14.1. The van der Waals surface area contributed by atoms with E-state index in [1.807, 2.05) is 30.3 Å². The maximum atomic E-state index is 11.9. The quantitative estimate of drug-likeness (QED) is 0.728. The maximum absolute atomic E-state index is 11.9. The van der Waals surface area contributed by atoms with Gasteiger partial charge in [-0.25, -0.2) is 0 Å². The molecule has 1 fully saturated rings. The Morgan fingerprint density at radius 3 is 2.58 bits per heavy atom. The maximum Gasteiger partial charge on any atom is 0.308 e. The summed E-state index contributed by atoms with van der Waals surface area (Å²) < 4.78 is 5.33. The first-order valence-corrected chi connectivity index (χ1v) is 8.76. The molecule has 0 bridgehead atoms. The van der Waals surface area contributed by atoms with Gasteiger partial charge in [-0.1, -0.05) is 30.3 Å². The van der Waals surface area contributed by atoms with Gasteiger partial charge in [0.05, 0.1) is 5.92 Å². The predicted molar refractivity (Wildman–Crippen MR) is 91.7 cm³/mol. The minimum Gasteiger partial charge on any atom is -0.481 e. The van der Waals surface area contributed by atoms with Crippen molar-refractivity contribution in [2.75, 3.05) is 19.8 Å². The molecule has 5 nitrogen and oxygen atoms in total. The number of amides is 1. The Hall–Kier alpha value is -1.88. The Bertz CT molecular complexity index is 511. The highest BCUT2D eigenvalue weighted by molar-refractivity contribution is 5.77. The lowest BCUT2D eigenvalue weighted by molar-refractivity contribution is -0.141. The molecule has 5 heteroatoms. The molecule has 1 aliphatic heterocycles. The molecule has 132 valence electrons. The van der Waals surface area contributed by atoms with Crippen molar-refractivity contribution in [1.82, 2.24) is 5.32 Å². The van der Waals surface area contributed by atoms with E-state index in [2.05, 4.69) is 5.32 Å². The van der Waals surface area contributed by atoms with Crippen LogP contribution in [0.3, 0.4) is 0 Å². The summed E-state index contributed by atoms with van der Waals surface area (Å²) in [5.41, 5.74) is 0.971. The SMILES string of the molecule is O=C(CCCC1CCOCC1)NCC(Cc1ccccc1)C(=O)O. The third-order valence-electron chi connectivity index (χ3n) is 4.58. The minimum atomic E-state index is -0.874. The summed E-state index contributed by atoms with van der Waals surface area (Å²) in [4.78, 5) is 23.3. The van der Waals surface area contributed by atoms with Gasteiger partial charge in [-0.15, -0.1) is 0 Å². The Labute approximate surface area is 143 Å². The minimum absolute atomic E-state index is 0.0543. The topological polar surface area (TPSA) is 75.6 Å². The van der Waals surface area contributed by atoms with Gasteiger partial charge in [0.15, 0.2) is 0 Å². The molecule has 1 amide bonds. The van der Waals surface area contributed by atoms with E-state index in [0.29, 0.717) is 18.8 Å². The number of carboxylic acids is 1. The molecule has 0 aliphatic carbocycles. The first kappa shape index (κ1) is 18.5. The third kappa shape index (κ3) is 6.71. The van der Waals surface area contributed by atoms with Crippen molar-refractivity contribution in [3.05, 3.63) is 35.9 Å². The van der Waals surface area contributed by atoms with E-state index in [0.717, 1.165) is 44.5 Å². The summed E-state index contributed by atoms with van der Waals surface area (Å²) in [5.74, 6) is -0.856. The van der Waals surface area contributed by atoms with Gasteiger partial charge in [-0.05, 0) is 43.6 Å². The third-order valence-corrected chi connectivity index (χ3v) is 4.58. The van der Waals surface area contributed by atoms with E-state index in [1.165, 1.54) is 0 Å². The fourth-order valence-corrected chi connectivity index (χ4v) is 3.06. The fourth-order valence-electron chi connectivity index (χ4n) is 3.06. The van der Waals surface area contributed by atoms with Crippen molar-refractivity contribution >= 4 is 11.9 Å². The molecule has 0 spiro atoms. The average molecular weight is 333 g/mol. The van der Waals surface area contributed by atoms with Crippen LogP contribution in [0.2, 0.25) is 0 Å². The number of aliphatic carboxylic acids is 1. The first-order chi connectivity index (χ1) is 11.6. The molecule has 1 aromatic carbocycles. The van der Waals surface area contributed by atoms with Crippen LogP contribution in [-0.4, -0.2) is 36.7 Å². The van der Waals surface area contributed by atoms with Crippen LogP contribution in [0, 0.1) is 11.8 Å². The first-order valence-electron chi connectivity index (χ1n) is 8.76. The van der Waals surface area contributed by atoms with Crippen LogP contribution in [0.25, 0.3) is 0 Å². The van der Waals surface area contributed by atoms with Crippen molar-refractivity contribution in [2.45, 2.75) is 38.5 Å². The van der Waals surface area contributed by atoms with Gasteiger partial charge in [0.2, 0.25) is 5.91 Å². The number of nitrogens with one attached hydrogen (secondary N) is 1. The molecule has 1 heterocycles. The molecule has 2 rings (SSSR count). The lowest BCUT2D eigenvalue weighted by atomic mass is 9.94. The van der Waals surface area contributed by atoms with Gasteiger partial charge in [-0.3, -0.25) is 9.59 Å². The number of benzene rings is 1. The van der Waals surface area contributed by atoms with Gasteiger partial charge < -0.3 is 15.2 Å².